The second kappa shape index (κ2) is 16.9. The van der Waals surface area contributed by atoms with Crippen LogP contribution in [0.4, 0.5) is 0 Å². The van der Waals surface area contributed by atoms with E-state index in [2.05, 4.69) is 68.3 Å². The Bertz CT molecular complexity index is 1460. The van der Waals surface area contributed by atoms with Crippen molar-refractivity contribution in [1.29, 1.82) is 0 Å². The third kappa shape index (κ3) is 7.97. The molecule has 6 aliphatic rings. The first-order valence-electron chi connectivity index (χ1n) is 21.4. The standard InChI is InChI=1S/C42H69N5O9/c1-25(9-13-35(39(4,5)56-43)55-37-22-27(47-51)20-29(53-37)24-45-49)30-15-16-42(8)33-12-10-31-32(40(33,6)17-18-41(30,42)7)11-14-34(38(31,2)3)54-36-21-26(46-50)19-28(52-36)23-44-48/h10,25-30,32-37H,9,11-24,43H2,1-8H3/t25?,26-,27-,28-,29-,30?,32?,33?,34-,35?,36-,37-,40?,41?,42?/m0/s1. The van der Waals surface area contributed by atoms with Crippen LogP contribution in [0.3, 0.4) is 0 Å². The van der Waals surface area contributed by atoms with Gasteiger partial charge < -0.3 is 18.9 Å². The van der Waals surface area contributed by atoms with Crippen LogP contribution in [0.25, 0.3) is 0 Å². The van der Waals surface area contributed by atoms with Gasteiger partial charge in [-0.25, -0.2) is 5.90 Å². The highest BCUT2D eigenvalue weighted by Crippen LogP contribution is 2.75. The van der Waals surface area contributed by atoms with E-state index in [1.54, 1.807) is 0 Å². The van der Waals surface area contributed by atoms with Gasteiger partial charge in [-0.2, -0.15) is 19.6 Å². The molecule has 0 amide bonds. The Kier molecular flexibility index (Phi) is 13.1. The van der Waals surface area contributed by atoms with Crippen LogP contribution >= 0.6 is 0 Å². The molecular weight excluding hydrogens is 718 g/mol. The van der Waals surface area contributed by atoms with Crippen molar-refractivity contribution in [3.8, 4) is 0 Å². The van der Waals surface area contributed by atoms with Gasteiger partial charge in [0.15, 0.2) is 12.6 Å². The fourth-order valence-corrected chi connectivity index (χ4v) is 13.1. The Balaban J connectivity index is 1.14. The lowest BCUT2D eigenvalue weighted by Crippen LogP contribution is -2.59. The number of nitroso groups, excluding NO2 is 4. The molecule has 56 heavy (non-hydrogen) atoms. The first kappa shape index (κ1) is 43.5. The van der Waals surface area contributed by atoms with E-state index in [0.717, 1.165) is 25.7 Å². The summed E-state index contributed by atoms with van der Waals surface area (Å²) in [6, 6.07) is -0.930. The molecule has 2 saturated heterocycles. The minimum atomic E-state index is -0.803. The Morgan fingerprint density at radius 1 is 0.821 bits per heavy atom. The van der Waals surface area contributed by atoms with Crippen LogP contribution in [0.2, 0.25) is 0 Å². The van der Waals surface area contributed by atoms with Crippen molar-refractivity contribution in [3.63, 3.8) is 0 Å². The average Bonchev–Trinajstić information content (AvgIpc) is 3.44. The molecule has 0 aromatic carbocycles. The van der Waals surface area contributed by atoms with Crippen LogP contribution < -0.4 is 5.90 Å². The van der Waals surface area contributed by atoms with E-state index in [4.69, 9.17) is 29.7 Å². The molecule has 0 spiro atoms. The molecule has 6 rings (SSSR count). The van der Waals surface area contributed by atoms with Gasteiger partial charge >= 0.3 is 0 Å². The van der Waals surface area contributed by atoms with Crippen LogP contribution in [0.15, 0.2) is 32.4 Å². The van der Waals surface area contributed by atoms with Crippen molar-refractivity contribution in [2.24, 2.45) is 71.9 Å². The summed E-state index contributed by atoms with van der Waals surface area (Å²) in [4.78, 5) is 50.5. The number of fused-ring (bicyclic) bond motifs is 5. The molecule has 3 saturated carbocycles. The van der Waals surface area contributed by atoms with Crippen molar-refractivity contribution < 1.29 is 23.8 Å². The minimum Gasteiger partial charge on any atom is -0.348 e. The van der Waals surface area contributed by atoms with Gasteiger partial charge in [-0.3, -0.25) is 4.84 Å². The van der Waals surface area contributed by atoms with E-state index in [0.29, 0.717) is 55.8 Å². The van der Waals surface area contributed by atoms with Crippen molar-refractivity contribution in [3.05, 3.63) is 31.3 Å². The van der Waals surface area contributed by atoms with E-state index in [1.807, 2.05) is 13.8 Å². The number of nitrogens with zero attached hydrogens (tertiary/aromatic N) is 4. The van der Waals surface area contributed by atoms with Gasteiger partial charge in [-0.1, -0.05) is 73.9 Å². The third-order valence-corrected chi connectivity index (χ3v) is 16.7. The molecule has 0 bridgehead atoms. The van der Waals surface area contributed by atoms with Crippen LogP contribution in [-0.2, 0) is 23.8 Å². The highest BCUT2D eigenvalue weighted by Gasteiger charge is 2.67. The van der Waals surface area contributed by atoms with Crippen molar-refractivity contribution >= 4 is 0 Å². The van der Waals surface area contributed by atoms with Crippen molar-refractivity contribution in [1.82, 2.24) is 0 Å². The predicted molar refractivity (Wildman–Crippen MR) is 213 cm³/mol. The molecule has 2 N–H and O–H groups in total. The Labute approximate surface area is 333 Å². The molecule has 316 valence electrons. The summed E-state index contributed by atoms with van der Waals surface area (Å²) < 4.78 is 25.4. The van der Waals surface area contributed by atoms with Crippen LogP contribution in [0.5, 0.6) is 0 Å². The summed E-state index contributed by atoms with van der Waals surface area (Å²) in [5.74, 6) is 7.87. The van der Waals surface area contributed by atoms with Crippen LogP contribution in [-0.4, -0.2) is 67.8 Å². The minimum absolute atomic E-state index is 0.00114. The highest BCUT2D eigenvalue weighted by molar-refractivity contribution is 5.30. The number of nitrogens with two attached hydrogens (primary N) is 1. The van der Waals surface area contributed by atoms with Crippen LogP contribution in [0.1, 0.15) is 139 Å². The molecule has 15 atom stereocenters. The van der Waals surface area contributed by atoms with Crippen LogP contribution in [0, 0.1) is 65.0 Å². The summed E-state index contributed by atoms with van der Waals surface area (Å²) in [7, 11) is 0. The smallest absolute Gasteiger partial charge is 0.160 e. The van der Waals surface area contributed by atoms with Gasteiger partial charge in [0, 0.05) is 31.1 Å². The fourth-order valence-electron chi connectivity index (χ4n) is 13.1. The molecule has 8 unspecified atom stereocenters. The summed E-state index contributed by atoms with van der Waals surface area (Å²) in [6.45, 7) is 18.6. The molecule has 14 heteroatoms. The monoisotopic (exact) mass is 788 g/mol. The quantitative estimate of drug-likeness (QED) is 0.0896. The molecule has 2 aliphatic heterocycles. The second-order valence-electron chi connectivity index (χ2n) is 20.3. The number of rotatable bonds is 16. The number of ether oxygens (including phenoxy) is 4. The van der Waals surface area contributed by atoms with E-state index in [-0.39, 0.29) is 40.9 Å². The SMILES string of the molecule is CC(CCC(O[C@H]1C[C@@H](N=O)C[C@@H](CN=O)O1)C(C)(C)ON)C1CCC2(C)C3CC=C4C(CC[C@H](O[C@H]5C[C@@H](N=O)C[C@@H](CN=O)O5)C4(C)C)C3(C)CCC12C. The van der Waals surface area contributed by atoms with Gasteiger partial charge in [-0.15, -0.1) is 0 Å². The molecule has 5 fully saturated rings. The second-order valence-corrected chi connectivity index (χ2v) is 20.3. The molecule has 2 heterocycles. The van der Waals surface area contributed by atoms with Gasteiger partial charge in [0.25, 0.3) is 0 Å². The van der Waals surface area contributed by atoms with Gasteiger partial charge in [-0.05, 0) is 112 Å². The lowest BCUT2D eigenvalue weighted by Gasteiger charge is -2.66. The first-order valence-corrected chi connectivity index (χ1v) is 21.4. The lowest BCUT2D eigenvalue weighted by atomic mass is 9.39. The fraction of sp³-hybridized carbons (Fsp3) is 0.952. The third-order valence-electron chi connectivity index (χ3n) is 16.7. The zero-order valence-electron chi connectivity index (χ0n) is 35.2. The van der Waals surface area contributed by atoms with E-state index >= 15 is 0 Å². The highest BCUT2D eigenvalue weighted by atomic mass is 16.7. The first-order chi connectivity index (χ1) is 26.5. The number of hydrogen-bond acceptors (Lipinski definition) is 14. The largest absolute Gasteiger partial charge is 0.348 e. The summed E-state index contributed by atoms with van der Waals surface area (Å²) in [5.41, 5.74) is 1.07. The van der Waals surface area contributed by atoms with Gasteiger partial charge in [0.1, 0.15) is 18.7 Å². The van der Waals surface area contributed by atoms with Crippen molar-refractivity contribution in [2.75, 3.05) is 13.1 Å². The molecular formula is C42H69N5O9. The summed E-state index contributed by atoms with van der Waals surface area (Å²) in [5, 5.41) is 12.6. The zero-order valence-corrected chi connectivity index (χ0v) is 35.2. The Morgan fingerprint density at radius 3 is 2.05 bits per heavy atom. The summed E-state index contributed by atoms with van der Waals surface area (Å²) in [6.07, 6.45) is 10.9. The zero-order chi connectivity index (χ0) is 40.7. The lowest BCUT2D eigenvalue weighted by molar-refractivity contribution is -0.251. The van der Waals surface area contributed by atoms with Crippen molar-refractivity contribution in [2.45, 2.75) is 194 Å². The molecule has 0 aromatic heterocycles. The molecule has 4 aliphatic carbocycles. The topological polar surface area (TPSA) is 190 Å². The van der Waals surface area contributed by atoms with Gasteiger partial charge in [0.2, 0.25) is 0 Å². The average molecular weight is 788 g/mol. The van der Waals surface area contributed by atoms with E-state index < -0.39 is 48.6 Å². The molecule has 0 aromatic rings. The summed E-state index contributed by atoms with van der Waals surface area (Å²) >= 11 is 0. The van der Waals surface area contributed by atoms with E-state index in [1.165, 1.54) is 31.3 Å². The Morgan fingerprint density at radius 2 is 1.45 bits per heavy atom. The van der Waals surface area contributed by atoms with Gasteiger partial charge in [0.05, 0.1) is 36.5 Å². The molecule has 0 radical (unpaired) electrons. The number of hydrogen-bond donors (Lipinski definition) is 1. The predicted octanol–water partition coefficient (Wildman–Crippen LogP) is 9.26. The number of allylic oxidation sites excluding steroid dienone is 1. The maximum atomic E-state index is 11.5. The maximum absolute atomic E-state index is 11.5. The Hall–Kier alpha value is -2.10. The maximum Gasteiger partial charge on any atom is 0.160 e. The normalized spacial score (nSPS) is 43.3. The van der Waals surface area contributed by atoms with E-state index in [9.17, 15) is 19.6 Å². The molecule has 14 nitrogen and oxygen atoms in total.